The number of aromatic nitrogens is 1. The van der Waals surface area contributed by atoms with Crippen molar-refractivity contribution in [2.75, 3.05) is 6.54 Å². The molecule has 1 aromatic carbocycles. The molecule has 1 aliphatic carbocycles. The number of benzene rings is 1. The lowest BCUT2D eigenvalue weighted by Gasteiger charge is -2.22. The van der Waals surface area contributed by atoms with Crippen molar-refractivity contribution in [2.45, 2.75) is 45.6 Å². The average molecular weight is 304 g/mol. The van der Waals surface area contributed by atoms with E-state index in [9.17, 15) is 4.39 Å². The minimum absolute atomic E-state index is 0.181. The number of nitrogens with zero attached hydrogens (tertiary/aromatic N) is 1. The van der Waals surface area contributed by atoms with Crippen LogP contribution in [0.15, 0.2) is 18.2 Å². The van der Waals surface area contributed by atoms with E-state index in [4.69, 9.17) is 4.98 Å². The van der Waals surface area contributed by atoms with E-state index in [0.717, 1.165) is 35.5 Å². The Bertz CT molecular complexity index is 636. The first-order chi connectivity index (χ1) is 10.2. The Labute approximate surface area is 129 Å². The summed E-state index contributed by atoms with van der Waals surface area (Å²) < 4.78 is 13.3. The van der Waals surface area contributed by atoms with Gasteiger partial charge in [-0.05, 0) is 62.9 Å². The second-order valence-electron chi connectivity index (χ2n) is 5.69. The molecule has 1 heterocycles. The summed E-state index contributed by atoms with van der Waals surface area (Å²) in [6.07, 6.45) is 4.65. The predicted octanol–water partition coefficient (Wildman–Crippen LogP) is 4.63. The largest absolute Gasteiger partial charge is 0.309 e. The van der Waals surface area contributed by atoms with Crippen LogP contribution in [0.4, 0.5) is 4.39 Å². The molecule has 1 unspecified atom stereocenters. The maximum atomic E-state index is 13.3. The molecular weight excluding hydrogens is 283 g/mol. The second kappa shape index (κ2) is 6.24. The van der Waals surface area contributed by atoms with Crippen molar-refractivity contribution in [3.8, 4) is 10.6 Å². The van der Waals surface area contributed by atoms with Gasteiger partial charge >= 0.3 is 0 Å². The van der Waals surface area contributed by atoms with Gasteiger partial charge in [0.1, 0.15) is 10.8 Å². The number of rotatable bonds is 4. The van der Waals surface area contributed by atoms with Gasteiger partial charge in [-0.15, -0.1) is 11.3 Å². The van der Waals surface area contributed by atoms with Crippen LogP contribution in [0.5, 0.6) is 0 Å². The Morgan fingerprint density at radius 1 is 1.43 bits per heavy atom. The number of thiazole rings is 1. The van der Waals surface area contributed by atoms with Gasteiger partial charge in [0.15, 0.2) is 0 Å². The summed E-state index contributed by atoms with van der Waals surface area (Å²) in [7, 11) is 0. The zero-order valence-corrected chi connectivity index (χ0v) is 13.4. The van der Waals surface area contributed by atoms with Crippen molar-refractivity contribution >= 4 is 11.3 Å². The zero-order valence-electron chi connectivity index (χ0n) is 12.6. The van der Waals surface area contributed by atoms with Crippen molar-refractivity contribution in [3.63, 3.8) is 0 Å². The van der Waals surface area contributed by atoms with Crippen LogP contribution in [0, 0.1) is 12.7 Å². The first kappa shape index (κ1) is 14.7. The molecule has 0 amide bonds. The Hall–Kier alpha value is -1.26. The minimum atomic E-state index is -0.181. The molecule has 1 aliphatic rings. The quantitative estimate of drug-likeness (QED) is 0.890. The van der Waals surface area contributed by atoms with E-state index in [0.29, 0.717) is 6.04 Å². The van der Waals surface area contributed by atoms with Crippen molar-refractivity contribution in [1.82, 2.24) is 10.3 Å². The third kappa shape index (κ3) is 3.01. The molecule has 2 aromatic rings. The van der Waals surface area contributed by atoms with Crippen molar-refractivity contribution < 1.29 is 4.39 Å². The SMILES string of the molecule is CCCNC1CCCc2sc(-c3ccc(F)cc3C)nc21. The highest BCUT2D eigenvalue weighted by atomic mass is 32.1. The van der Waals surface area contributed by atoms with Crippen LogP contribution in [0.2, 0.25) is 0 Å². The number of halogens is 1. The average Bonchev–Trinajstić information content (AvgIpc) is 2.89. The molecule has 1 aromatic heterocycles. The molecule has 2 nitrogen and oxygen atoms in total. The fraction of sp³-hybridized carbons (Fsp3) is 0.471. The maximum absolute atomic E-state index is 13.3. The second-order valence-corrected chi connectivity index (χ2v) is 6.77. The van der Waals surface area contributed by atoms with Gasteiger partial charge in [-0.25, -0.2) is 9.37 Å². The van der Waals surface area contributed by atoms with E-state index in [1.54, 1.807) is 17.4 Å². The molecule has 3 rings (SSSR count). The minimum Gasteiger partial charge on any atom is -0.309 e. The lowest BCUT2D eigenvalue weighted by molar-refractivity contribution is 0.454. The first-order valence-corrected chi connectivity index (χ1v) is 8.50. The Kier molecular flexibility index (Phi) is 4.36. The lowest BCUT2D eigenvalue weighted by atomic mass is 9.97. The Balaban J connectivity index is 1.94. The number of hydrogen-bond donors (Lipinski definition) is 1. The smallest absolute Gasteiger partial charge is 0.124 e. The monoisotopic (exact) mass is 304 g/mol. The van der Waals surface area contributed by atoms with Crippen molar-refractivity contribution in [2.24, 2.45) is 0 Å². The van der Waals surface area contributed by atoms with Crippen LogP contribution < -0.4 is 5.32 Å². The van der Waals surface area contributed by atoms with Crippen LogP contribution in [-0.4, -0.2) is 11.5 Å². The summed E-state index contributed by atoms with van der Waals surface area (Å²) in [5, 5.41) is 4.63. The Morgan fingerprint density at radius 2 is 2.29 bits per heavy atom. The van der Waals surface area contributed by atoms with Crippen LogP contribution in [0.3, 0.4) is 0 Å². The van der Waals surface area contributed by atoms with Gasteiger partial charge in [-0.1, -0.05) is 6.92 Å². The topological polar surface area (TPSA) is 24.9 Å². The van der Waals surface area contributed by atoms with Crippen LogP contribution in [0.1, 0.15) is 48.4 Å². The molecule has 4 heteroatoms. The molecule has 0 saturated heterocycles. The van der Waals surface area contributed by atoms with Crippen molar-refractivity contribution in [3.05, 3.63) is 40.2 Å². The van der Waals surface area contributed by atoms with E-state index in [-0.39, 0.29) is 5.82 Å². The van der Waals surface area contributed by atoms with E-state index in [1.807, 2.05) is 13.0 Å². The van der Waals surface area contributed by atoms with E-state index < -0.39 is 0 Å². The molecule has 112 valence electrons. The van der Waals surface area contributed by atoms with Gasteiger partial charge in [0, 0.05) is 10.4 Å². The zero-order chi connectivity index (χ0) is 14.8. The first-order valence-electron chi connectivity index (χ1n) is 7.68. The molecule has 0 bridgehead atoms. The fourth-order valence-electron chi connectivity index (χ4n) is 2.92. The predicted molar refractivity (Wildman–Crippen MR) is 86.2 cm³/mol. The molecule has 1 atom stereocenters. The van der Waals surface area contributed by atoms with Gasteiger partial charge < -0.3 is 5.32 Å². The third-order valence-corrected chi connectivity index (χ3v) is 5.18. The summed E-state index contributed by atoms with van der Waals surface area (Å²) in [6, 6.07) is 5.35. The summed E-state index contributed by atoms with van der Waals surface area (Å²) in [5.74, 6) is -0.181. The third-order valence-electron chi connectivity index (χ3n) is 4.01. The number of nitrogens with one attached hydrogen (secondary N) is 1. The highest BCUT2D eigenvalue weighted by Gasteiger charge is 2.24. The molecule has 0 aliphatic heterocycles. The highest BCUT2D eigenvalue weighted by molar-refractivity contribution is 7.15. The number of hydrogen-bond acceptors (Lipinski definition) is 3. The van der Waals surface area contributed by atoms with Crippen LogP contribution in [-0.2, 0) is 6.42 Å². The summed E-state index contributed by atoms with van der Waals surface area (Å²) in [6.45, 7) is 5.17. The lowest BCUT2D eigenvalue weighted by Crippen LogP contribution is -2.25. The normalized spacial score (nSPS) is 17.8. The summed E-state index contributed by atoms with van der Waals surface area (Å²) >= 11 is 1.77. The van der Waals surface area contributed by atoms with E-state index in [2.05, 4.69) is 12.2 Å². The molecule has 0 saturated carbocycles. The molecule has 21 heavy (non-hydrogen) atoms. The van der Waals surface area contributed by atoms with Crippen molar-refractivity contribution in [1.29, 1.82) is 0 Å². The van der Waals surface area contributed by atoms with Crippen LogP contribution >= 0.6 is 11.3 Å². The number of fused-ring (bicyclic) bond motifs is 1. The van der Waals surface area contributed by atoms with Gasteiger partial charge in [0.2, 0.25) is 0 Å². The number of aryl methyl sites for hydroxylation is 2. The Morgan fingerprint density at radius 3 is 3.05 bits per heavy atom. The summed E-state index contributed by atoms with van der Waals surface area (Å²) in [5.41, 5.74) is 3.24. The standard InChI is InChI=1S/C17H21FN2S/c1-3-9-19-14-5-4-6-15-16(14)20-17(21-15)13-8-7-12(18)10-11(13)2/h7-8,10,14,19H,3-6,9H2,1-2H3. The molecule has 1 N–H and O–H groups in total. The molecule has 0 radical (unpaired) electrons. The van der Waals surface area contributed by atoms with Gasteiger partial charge in [-0.2, -0.15) is 0 Å². The van der Waals surface area contributed by atoms with Crippen LogP contribution in [0.25, 0.3) is 10.6 Å². The van der Waals surface area contributed by atoms with Gasteiger partial charge in [-0.3, -0.25) is 0 Å². The fourth-order valence-corrected chi connectivity index (χ4v) is 4.17. The molecule has 0 spiro atoms. The van der Waals surface area contributed by atoms with Gasteiger partial charge in [0.25, 0.3) is 0 Å². The summed E-state index contributed by atoms with van der Waals surface area (Å²) in [4.78, 5) is 6.28. The molecule has 0 fully saturated rings. The molecular formula is C17H21FN2S. The highest BCUT2D eigenvalue weighted by Crippen LogP contribution is 2.38. The van der Waals surface area contributed by atoms with E-state index in [1.165, 1.54) is 29.5 Å². The van der Waals surface area contributed by atoms with E-state index >= 15 is 0 Å². The maximum Gasteiger partial charge on any atom is 0.124 e. The van der Waals surface area contributed by atoms with Gasteiger partial charge in [0.05, 0.1) is 11.7 Å².